The van der Waals surface area contributed by atoms with Crippen molar-refractivity contribution in [3.05, 3.63) is 58.5 Å². The standard InChI is InChI=1S/C18H23N3O3/c1-3-20(4-2)17(22)13-24-16-6-5-11-21(18(16)23)12-14-7-9-15(19)10-8-14/h5-11H,3-4,12-13,19H2,1-2H3. The SMILES string of the molecule is CCN(CC)C(=O)COc1cccn(Cc2ccc(N)cc2)c1=O. The van der Waals surface area contributed by atoms with Crippen molar-refractivity contribution >= 4 is 11.6 Å². The Bertz CT molecular complexity index is 734. The zero-order valence-electron chi connectivity index (χ0n) is 14.1. The highest BCUT2D eigenvalue weighted by atomic mass is 16.5. The Morgan fingerprint density at radius 3 is 2.46 bits per heavy atom. The van der Waals surface area contributed by atoms with Crippen LogP contribution in [0.4, 0.5) is 5.69 Å². The predicted molar refractivity (Wildman–Crippen MR) is 94.1 cm³/mol. The predicted octanol–water partition coefficient (Wildman–Crippen LogP) is 1.73. The number of amides is 1. The number of pyridine rings is 1. The Morgan fingerprint density at radius 1 is 1.17 bits per heavy atom. The van der Waals surface area contributed by atoms with Crippen LogP contribution in [0.1, 0.15) is 19.4 Å². The molecule has 1 amide bonds. The van der Waals surface area contributed by atoms with E-state index in [1.54, 1.807) is 39.9 Å². The maximum atomic E-state index is 12.5. The Hall–Kier alpha value is -2.76. The van der Waals surface area contributed by atoms with Crippen molar-refractivity contribution in [1.82, 2.24) is 9.47 Å². The van der Waals surface area contributed by atoms with Gasteiger partial charge in [0.05, 0.1) is 6.54 Å². The van der Waals surface area contributed by atoms with Crippen molar-refractivity contribution in [3.8, 4) is 5.75 Å². The van der Waals surface area contributed by atoms with Crippen LogP contribution < -0.4 is 16.0 Å². The summed E-state index contributed by atoms with van der Waals surface area (Å²) < 4.78 is 6.98. The van der Waals surface area contributed by atoms with Crippen molar-refractivity contribution in [1.29, 1.82) is 0 Å². The van der Waals surface area contributed by atoms with Crippen molar-refractivity contribution < 1.29 is 9.53 Å². The van der Waals surface area contributed by atoms with Crippen LogP contribution in [0, 0.1) is 0 Å². The lowest BCUT2D eigenvalue weighted by Gasteiger charge is -2.18. The second-order valence-corrected chi connectivity index (χ2v) is 5.40. The van der Waals surface area contributed by atoms with Gasteiger partial charge < -0.3 is 19.9 Å². The third-order valence-electron chi connectivity index (χ3n) is 3.79. The number of ether oxygens (including phenoxy) is 1. The second-order valence-electron chi connectivity index (χ2n) is 5.40. The van der Waals surface area contributed by atoms with Gasteiger partial charge in [-0.3, -0.25) is 9.59 Å². The molecule has 1 aromatic carbocycles. The fourth-order valence-electron chi connectivity index (χ4n) is 2.38. The van der Waals surface area contributed by atoms with Gasteiger partial charge in [-0.05, 0) is 43.7 Å². The Labute approximate surface area is 141 Å². The number of hydrogen-bond acceptors (Lipinski definition) is 4. The van der Waals surface area contributed by atoms with E-state index in [-0.39, 0.29) is 23.8 Å². The highest BCUT2D eigenvalue weighted by Crippen LogP contribution is 2.08. The van der Waals surface area contributed by atoms with Gasteiger partial charge in [0.2, 0.25) is 0 Å². The topological polar surface area (TPSA) is 77.6 Å². The summed E-state index contributed by atoms with van der Waals surface area (Å²) >= 11 is 0. The summed E-state index contributed by atoms with van der Waals surface area (Å²) in [7, 11) is 0. The number of hydrogen-bond donors (Lipinski definition) is 1. The maximum absolute atomic E-state index is 12.5. The summed E-state index contributed by atoms with van der Waals surface area (Å²) in [5, 5.41) is 0. The largest absolute Gasteiger partial charge is 0.478 e. The van der Waals surface area contributed by atoms with Crippen molar-refractivity contribution in [3.63, 3.8) is 0 Å². The molecule has 2 N–H and O–H groups in total. The minimum absolute atomic E-state index is 0.131. The monoisotopic (exact) mass is 329 g/mol. The number of benzene rings is 1. The molecule has 0 atom stereocenters. The van der Waals surface area contributed by atoms with E-state index in [9.17, 15) is 9.59 Å². The molecule has 0 unspecified atom stereocenters. The fourth-order valence-corrected chi connectivity index (χ4v) is 2.38. The first-order valence-electron chi connectivity index (χ1n) is 7.99. The summed E-state index contributed by atoms with van der Waals surface area (Å²) in [4.78, 5) is 26.1. The maximum Gasteiger partial charge on any atom is 0.293 e. The molecule has 2 aromatic rings. The van der Waals surface area contributed by atoms with Gasteiger partial charge in [-0.25, -0.2) is 0 Å². The molecule has 128 valence electrons. The van der Waals surface area contributed by atoms with Gasteiger partial charge in [-0.1, -0.05) is 12.1 Å². The molecule has 0 saturated carbocycles. The average molecular weight is 329 g/mol. The van der Waals surface area contributed by atoms with Crippen molar-refractivity contribution in [2.75, 3.05) is 25.4 Å². The average Bonchev–Trinajstić information content (AvgIpc) is 2.58. The van der Waals surface area contributed by atoms with Gasteiger partial charge in [0.1, 0.15) is 0 Å². The molecule has 0 aliphatic rings. The van der Waals surface area contributed by atoms with Gasteiger partial charge >= 0.3 is 0 Å². The zero-order valence-corrected chi connectivity index (χ0v) is 14.1. The summed E-state index contributed by atoms with van der Waals surface area (Å²) in [6.07, 6.45) is 1.69. The van der Waals surface area contributed by atoms with Gasteiger partial charge in [0.25, 0.3) is 11.5 Å². The van der Waals surface area contributed by atoms with Gasteiger partial charge in [0.15, 0.2) is 12.4 Å². The summed E-state index contributed by atoms with van der Waals surface area (Å²) in [5.41, 5.74) is 7.04. The minimum atomic E-state index is -0.262. The molecule has 0 radical (unpaired) electrons. The van der Waals surface area contributed by atoms with Crippen LogP contribution in [0.5, 0.6) is 5.75 Å². The van der Waals surface area contributed by atoms with Gasteiger partial charge in [0, 0.05) is 25.0 Å². The quantitative estimate of drug-likeness (QED) is 0.785. The van der Waals surface area contributed by atoms with E-state index in [1.165, 1.54) is 0 Å². The van der Waals surface area contributed by atoms with Crippen LogP contribution in [0.25, 0.3) is 0 Å². The molecule has 0 fully saturated rings. The number of carbonyl (C=O) groups excluding carboxylic acids is 1. The van der Waals surface area contributed by atoms with Crippen LogP contribution in [-0.2, 0) is 11.3 Å². The van der Waals surface area contributed by atoms with Crippen LogP contribution in [-0.4, -0.2) is 35.1 Å². The molecule has 0 aliphatic carbocycles. The number of carbonyl (C=O) groups is 1. The van der Waals surface area contributed by atoms with Crippen LogP contribution in [0.15, 0.2) is 47.4 Å². The zero-order chi connectivity index (χ0) is 17.5. The number of likely N-dealkylation sites (N-methyl/N-ethyl adjacent to an activating group) is 1. The van der Waals surface area contributed by atoms with E-state index in [4.69, 9.17) is 10.5 Å². The molecule has 0 spiro atoms. The van der Waals surface area contributed by atoms with Gasteiger partial charge in [-0.15, -0.1) is 0 Å². The molecule has 1 heterocycles. The molecular weight excluding hydrogens is 306 g/mol. The first-order valence-corrected chi connectivity index (χ1v) is 7.99. The molecule has 24 heavy (non-hydrogen) atoms. The van der Waals surface area contributed by atoms with E-state index < -0.39 is 0 Å². The lowest BCUT2D eigenvalue weighted by atomic mass is 10.2. The highest BCUT2D eigenvalue weighted by Gasteiger charge is 2.12. The van der Waals surface area contributed by atoms with E-state index in [0.717, 1.165) is 5.56 Å². The van der Waals surface area contributed by atoms with E-state index >= 15 is 0 Å². The molecule has 0 aliphatic heterocycles. The molecule has 2 rings (SSSR count). The fraction of sp³-hybridized carbons (Fsp3) is 0.333. The second kappa shape index (κ2) is 8.19. The van der Waals surface area contributed by atoms with Gasteiger partial charge in [-0.2, -0.15) is 0 Å². The Kier molecular flexibility index (Phi) is 6.01. The molecule has 1 aromatic heterocycles. The van der Waals surface area contributed by atoms with E-state index in [1.807, 2.05) is 26.0 Å². The summed E-state index contributed by atoms with van der Waals surface area (Å²) in [6, 6.07) is 10.7. The number of nitrogen functional groups attached to an aromatic ring is 1. The smallest absolute Gasteiger partial charge is 0.293 e. The Balaban J connectivity index is 2.09. The van der Waals surface area contributed by atoms with E-state index in [0.29, 0.717) is 25.3 Å². The van der Waals surface area contributed by atoms with Crippen molar-refractivity contribution in [2.24, 2.45) is 0 Å². The molecule has 6 nitrogen and oxygen atoms in total. The lowest BCUT2D eigenvalue weighted by molar-refractivity contribution is -0.133. The number of rotatable bonds is 7. The van der Waals surface area contributed by atoms with Crippen LogP contribution in [0.3, 0.4) is 0 Å². The number of anilines is 1. The molecule has 6 heteroatoms. The van der Waals surface area contributed by atoms with Crippen molar-refractivity contribution in [2.45, 2.75) is 20.4 Å². The van der Waals surface area contributed by atoms with Crippen LogP contribution in [0.2, 0.25) is 0 Å². The molecule has 0 bridgehead atoms. The first kappa shape index (κ1) is 17.6. The number of nitrogens with zero attached hydrogens (tertiary/aromatic N) is 2. The summed E-state index contributed by atoms with van der Waals surface area (Å²) in [6.45, 7) is 5.33. The Morgan fingerprint density at radius 2 is 1.83 bits per heavy atom. The molecule has 0 saturated heterocycles. The van der Waals surface area contributed by atoms with Crippen LogP contribution >= 0.6 is 0 Å². The number of aromatic nitrogens is 1. The molecular formula is C18H23N3O3. The highest BCUT2D eigenvalue weighted by molar-refractivity contribution is 5.77. The summed E-state index contributed by atoms with van der Waals surface area (Å²) in [5.74, 6) is 0.0433. The lowest BCUT2D eigenvalue weighted by Crippen LogP contribution is -2.35. The third kappa shape index (κ3) is 4.38. The van der Waals surface area contributed by atoms with E-state index in [2.05, 4.69) is 0 Å². The number of nitrogens with two attached hydrogens (primary N) is 1. The minimum Gasteiger partial charge on any atom is -0.478 e. The first-order chi connectivity index (χ1) is 11.5. The normalized spacial score (nSPS) is 10.4. The third-order valence-corrected chi connectivity index (χ3v) is 3.79.